The van der Waals surface area contributed by atoms with Crippen molar-refractivity contribution in [1.29, 1.82) is 0 Å². The number of nitrogen functional groups attached to an aromatic ring is 1. The number of pyridine rings is 1. The molecule has 1 aromatic carbocycles. The minimum atomic E-state index is -0.268. The third kappa shape index (κ3) is 1.76. The highest BCUT2D eigenvalue weighted by atomic mass is 79.9. The summed E-state index contributed by atoms with van der Waals surface area (Å²) in [6.45, 7) is 3.52. The van der Waals surface area contributed by atoms with Gasteiger partial charge in [-0.3, -0.25) is 4.90 Å². The van der Waals surface area contributed by atoms with E-state index in [9.17, 15) is 4.79 Å². The molecule has 1 aliphatic rings. The Hall–Kier alpha value is -1.46. The number of benzene rings is 1. The highest BCUT2D eigenvalue weighted by molar-refractivity contribution is 9.10. The zero-order valence-corrected chi connectivity index (χ0v) is 12.1. The van der Waals surface area contributed by atoms with E-state index in [-0.39, 0.29) is 6.04 Å². The second-order valence-corrected chi connectivity index (χ2v) is 5.52. The standard InChI is InChI=1S/C14H14BrN3O/c1-2-18-6-10-12(11(18)7-19)13(16)8-4-3-5-9(15)14(8)17-10/h3-5,7,11H,2,6H2,1H3,(H2,16,17). The van der Waals surface area contributed by atoms with Crippen molar-refractivity contribution < 1.29 is 4.79 Å². The van der Waals surface area contributed by atoms with Gasteiger partial charge in [-0.15, -0.1) is 0 Å². The fraction of sp³-hybridized carbons (Fsp3) is 0.286. The topological polar surface area (TPSA) is 59.2 Å². The first kappa shape index (κ1) is 12.6. The van der Waals surface area contributed by atoms with Crippen molar-refractivity contribution in [1.82, 2.24) is 9.88 Å². The second-order valence-electron chi connectivity index (χ2n) is 4.67. The first-order chi connectivity index (χ1) is 9.17. The van der Waals surface area contributed by atoms with E-state index in [1.807, 2.05) is 25.1 Å². The molecule has 98 valence electrons. The molecule has 0 amide bonds. The number of para-hydroxylation sites is 1. The molecule has 2 N–H and O–H groups in total. The maximum atomic E-state index is 11.4. The molecule has 0 fully saturated rings. The average molecular weight is 320 g/mol. The molecule has 0 bridgehead atoms. The number of fused-ring (bicyclic) bond motifs is 2. The molecule has 1 unspecified atom stereocenters. The SMILES string of the molecule is CCN1Cc2nc3c(Br)cccc3c(N)c2C1C=O. The van der Waals surface area contributed by atoms with Crippen molar-refractivity contribution >= 4 is 38.8 Å². The van der Waals surface area contributed by atoms with Crippen LogP contribution in [-0.4, -0.2) is 22.7 Å². The molecule has 1 atom stereocenters. The number of halogens is 1. The van der Waals surface area contributed by atoms with Crippen LogP contribution in [0.1, 0.15) is 24.2 Å². The normalized spacial score (nSPS) is 18.7. The van der Waals surface area contributed by atoms with Gasteiger partial charge in [0.25, 0.3) is 0 Å². The number of nitrogens with two attached hydrogens (primary N) is 1. The van der Waals surface area contributed by atoms with E-state index >= 15 is 0 Å². The van der Waals surface area contributed by atoms with Crippen LogP contribution in [0, 0.1) is 0 Å². The quantitative estimate of drug-likeness (QED) is 0.864. The van der Waals surface area contributed by atoms with E-state index in [1.165, 1.54) is 0 Å². The van der Waals surface area contributed by atoms with Gasteiger partial charge in [0.2, 0.25) is 0 Å². The summed E-state index contributed by atoms with van der Waals surface area (Å²) >= 11 is 3.50. The Kier molecular flexibility index (Phi) is 3.03. The van der Waals surface area contributed by atoms with Gasteiger partial charge in [0.05, 0.1) is 17.3 Å². The van der Waals surface area contributed by atoms with Gasteiger partial charge in [0.15, 0.2) is 0 Å². The van der Waals surface area contributed by atoms with Crippen molar-refractivity contribution in [3.63, 3.8) is 0 Å². The minimum absolute atomic E-state index is 0.268. The van der Waals surface area contributed by atoms with Crippen LogP contribution in [0.2, 0.25) is 0 Å². The van der Waals surface area contributed by atoms with Gasteiger partial charge in [-0.05, 0) is 28.5 Å². The number of likely N-dealkylation sites (N-methyl/N-ethyl adjacent to an activating group) is 1. The maximum Gasteiger partial charge on any atom is 0.141 e. The van der Waals surface area contributed by atoms with Gasteiger partial charge in [-0.25, -0.2) is 4.98 Å². The van der Waals surface area contributed by atoms with E-state index in [1.54, 1.807) is 0 Å². The number of aromatic nitrogens is 1. The third-order valence-electron chi connectivity index (χ3n) is 3.70. The molecule has 1 aliphatic heterocycles. The highest BCUT2D eigenvalue weighted by Gasteiger charge is 2.33. The van der Waals surface area contributed by atoms with E-state index in [4.69, 9.17) is 5.73 Å². The number of hydrogen-bond acceptors (Lipinski definition) is 4. The van der Waals surface area contributed by atoms with Crippen molar-refractivity contribution in [3.8, 4) is 0 Å². The van der Waals surface area contributed by atoms with Crippen LogP contribution in [-0.2, 0) is 11.3 Å². The Bertz CT molecular complexity index is 671. The predicted octanol–water partition coefficient (Wildman–Crippen LogP) is 2.66. The Morgan fingerprint density at radius 3 is 3.05 bits per heavy atom. The summed E-state index contributed by atoms with van der Waals surface area (Å²) in [6, 6.07) is 5.56. The average Bonchev–Trinajstić information content (AvgIpc) is 2.78. The molecule has 3 rings (SSSR count). The van der Waals surface area contributed by atoms with Gasteiger partial charge in [-0.1, -0.05) is 19.1 Å². The zero-order chi connectivity index (χ0) is 13.6. The number of carbonyl (C=O) groups excluding carboxylic acids is 1. The zero-order valence-electron chi connectivity index (χ0n) is 10.6. The summed E-state index contributed by atoms with van der Waals surface area (Å²) in [5.74, 6) is 0. The molecule has 0 aliphatic carbocycles. The minimum Gasteiger partial charge on any atom is -0.398 e. The fourth-order valence-corrected chi connectivity index (χ4v) is 3.18. The van der Waals surface area contributed by atoms with Crippen LogP contribution >= 0.6 is 15.9 Å². The Morgan fingerprint density at radius 2 is 2.37 bits per heavy atom. The van der Waals surface area contributed by atoms with Gasteiger partial charge >= 0.3 is 0 Å². The number of aldehydes is 1. The van der Waals surface area contributed by atoms with Crippen molar-refractivity contribution in [3.05, 3.63) is 33.9 Å². The molecule has 0 saturated heterocycles. The summed E-state index contributed by atoms with van der Waals surface area (Å²) in [5.41, 5.74) is 9.60. The summed E-state index contributed by atoms with van der Waals surface area (Å²) < 4.78 is 0.928. The van der Waals surface area contributed by atoms with Crippen molar-refractivity contribution in [2.75, 3.05) is 12.3 Å². The van der Waals surface area contributed by atoms with Crippen LogP contribution in [0.5, 0.6) is 0 Å². The molecule has 4 nitrogen and oxygen atoms in total. The van der Waals surface area contributed by atoms with Crippen molar-refractivity contribution in [2.24, 2.45) is 0 Å². The third-order valence-corrected chi connectivity index (χ3v) is 4.34. The number of carbonyl (C=O) groups is 1. The lowest BCUT2D eigenvalue weighted by molar-refractivity contribution is -0.112. The lowest BCUT2D eigenvalue weighted by Crippen LogP contribution is -2.22. The number of rotatable bonds is 2. The number of nitrogens with zero attached hydrogens (tertiary/aromatic N) is 2. The van der Waals surface area contributed by atoms with E-state index in [2.05, 4.69) is 25.8 Å². The summed E-state index contributed by atoms with van der Waals surface area (Å²) in [6.07, 6.45) is 0.956. The lowest BCUT2D eigenvalue weighted by Gasteiger charge is -2.18. The summed E-state index contributed by atoms with van der Waals surface area (Å²) in [5, 5.41) is 0.901. The maximum absolute atomic E-state index is 11.4. The molecular weight excluding hydrogens is 306 g/mol. The van der Waals surface area contributed by atoms with Crippen LogP contribution in [0.4, 0.5) is 5.69 Å². The number of anilines is 1. The summed E-state index contributed by atoms with van der Waals surface area (Å²) in [7, 11) is 0. The van der Waals surface area contributed by atoms with Gasteiger partial charge in [-0.2, -0.15) is 0 Å². The molecule has 0 radical (unpaired) electrons. The second kappa shape index (κ2) is 4.58. The molecule has 1 aromatic heterocycles. The monoisotopic (exact) mass is 319 g/mol. The Labute approximate surface area is 119 Å². The Morgan fingerprint density at radius 1 is 1.58 bits per heavy atom. The van der Waals surface area contributed by atoms with Crippen LogP contribution in [0.3, 0.4) is 0 Å². The first-order valence-electron chi connectivity index (χ1n) is 6.23. The fourth-order valence-electron chi connectivity index (χ4n) is 2.73. The molecule has 2 heterocycles. The molecule has 0 saturated carbocycles. The smallest absolute Gasteiger partial charge is 0.141 e. The lowest BCUT2D eigenvalue weighted by atomic mass is 10.0. The Balaban J connectivity index is 2.32. The van der Waals surface area contributed by atoms with E-state index in [0.29, 0.717) is 12.2 Å². The molecule has 0 spiro atoms. The number of hydrogen-bond donors (Lipinski definition) is 1. The van der Waals surface area contributed by atoms with E-state index < -0.39 is 0 Å². The van der Waals surface area contributed by atoms with Crippen molar-refractivity contribution in [2.45, 2.75) is 19.5 Å². The largest absolute Gasteiger partial charge is 0.398 e. The first-order valence-corrected chi connectivity index (χ1v) is 7.02. The van der Waals surface area contributed by atoms with Crippen LogP contribution in [0.25, 0.3) is 10.9 Å². The highest BCUT2D eigenvalue weighted by Crippen LogP contribution is 2.39. The molecule has 5 heteroatoms. The predicted molar refractivity (Wildman–Crippen MR) is 78.7 cm³/mol. The molecule has 2 aromatic rings. The van der Waals surface area contributed by atoms with Crippen LogP contribution < -0.4 is 5.73 Å². The van der Waals surface area contributed by atoms with Gasteiger partial charge < -0.3 is 10.5 Å². The summed E-state index contributed by atoms with van der Waals surface area (Å²) in [4.78, 5) is 18.1. The van der Waals surface area contributed by atoms with Crippen LogP contribution in [0.15, 0.2) is 22.7 Å². The van der Waals surface area contributed by atoms with Gasteiger partial charge in [0, 0.05) is 27.7 Å². The van der Waals surface area contributed by atoms with E-state index in [0.717, 1.165) is 39.5 Å². The molecular formula is C14H14BrN3O. The molecule has 19 heavy (non-hydrogen) atoms. The van der Waals surface area contributed by atoms with Gasteiger partial charge in [0.1, 0.15) is 6.29 Å².